The van der Waals surface area contributed by atoms with E-state index < -0.39 is 0 Å². The Morgan fingerprint density at radius 2 is 2.03 bits per heavy atom. The van der Waals surface area contributed by atoms with E-state index in [0.717, 1.165) is 23.9 Å². The highest BCUT2D eigenvalue weighted by atomic mass is 35.5. The van der Waals surface area contributed by atoms with E-state index in [4.69, 9.17) is 5.73 Å². The van der Waals surface area contributed by atoms with Crippen LogP contribution in [0.15, 0.2) is 29.6 Å². The smallest absolute Gasteiger partial charge is 0.180 e. The van der Waals surface area contributed by atoms with Crippen LogP contribution in [0.4, 0.5) is 10.8 Å². The Kier molecular flexibility index (Phi) is 7.42. The number of rotatable bonds is 6. The lowest BCUT2D eigenvalue weighted by atomic mass is 9.91. The van der Waals surface area contributed by atoms with Crippen LogP contribution < -0.4 is 10.6 Å². The molecule has 5 rings (SSSR count). The van der Waals surface area contributed by atoms with Crippen molar-refractivity contribution in [1.29, 1.82) is 0 Å². The van der Waals surface area contributed by atoms with Crippen LogP contribution >= 0.6 is 35.1 Å². The molecule has 168 valence electrons. The maximum atomic E-state index is 5.97. The van der Waals surface area contributed by atoms with E-state index in [2.05, 4.69) is 51.4 Å². The number of anilines is 2. The number of hydrogen-bond acceptors (Lipinski definition) is 6. The Bertz CT molecular complexity index is 993. The molecular weight excluding hydrogens is 444 g/mol. The number of piperidine rings is 1. The average Bonchev–Trinajstić information content (AvgIpc) is 3.38. The number of thiophene rings is 1. The fraction of sp³-hybridized carbons (Fsp3) is 0.542. The van der Waals surface area contributed by atoms with Crippen molar-refractivity contribution in [3.05, 3.63) is 40.2 Å². The predicted molar refractivity (Wildman–Crippen MR) is 138 cm³/mol. The summed E-state index contributed by atoms with van der Waals surface area (Å²) in [5.74, 6) is 0.808. The van der Waals surface area contributed by atoms with Gasteiger partial charge in [-0.1, -0.05) is 13.0 Å². The van der Waals surface area contributed by atoms with Gasteiger partial charge in [-0.15, -0.1) is 35.1 Å². The standard InChI is InChI=1S/C24H32N4S2.ClH/c1-2-11-28(18-6-7-20-23(15-18)30-24(25)26-20)16-17-8-12-27(13-9-17)21-4-3-5-22-19(21)10-14-29-22;/h3-5,10,14,17-18H,2,6-9,11-13,15-16H2,1H3,(H2,25,26);1H/t18-;/m0./s1. The summed E-state index contributed by atoms with van der Waals surface area (Å²) < 4.78 is 1.41. The minimum Gasteiger partial charge on any atom is -0.375 e. The molecule has 2 N–H and O–H groups in total. The number of nitrogen functional groups attached to an aromatic ring is 1. The Morgan fingerprint density at radius 3 is 2.84 bits per heavy atom. The van der Waals surface area contributed by atoms with Gasteiger partial charge in [-0.2, -0.15) is 0 Å². The third-order valence-corrected chi connectivity index (χ3v) is 8.71. The SMILES string of the molecule is CCCN(CC1CCN(c2cccc3sccc23)CC1)[C@H]1CCc2nc(N)sc2C1.Cl. The molecule has 3 aromatic rings. The summed E-state index contributed by atoms with van der Waals surface area (Å²) >= 11 is 3.56. The van der Waals surface area contributed by atoms with Gasteiger partial charge in [-0.3, -0.25) is 4.90 Å². The number of benzene rings is 1. The number of aryl methyl sites for hydroxylation is 1. The number of aromatic nitrogens is 1. The summed E-state index contributed by atoms with van der Waals surface area (Å²) in [6.07, 6.45) is 7.29. The highest BCUT2D eigenvalue weighted by Crippen LogP contribution is 2.34. The van der Waals surface area contributed by atoms with Crippen molar-refractivity contribution in [2.75, 3.05) is 36.8 Å². The van der Waals surface area contributed by atoms with E-state index in [0.29, 0.717) is 6.04 Å². The molecule has 2 aliphatic rings. The van der Waals surface area contributed by atoms with Gasteiger partial charge in [0.2, 0.25) is 0 Å². The number of hydrogen-bond donors (Lipinski definition) is 1. The van der Waals surface area contributed by atoms with Crippen molar-refractivity contribution in [3.8, 4) is 0 Å². The van der Waals surface area contributed by atoms with E-state index in [1.165, 1.54) is 78.2 Å². The Balaban J connectivity index is 0.00000231. The summed E-state index contributed by atoms with van der Waals surface area (Å²) in [4.78, 5) is 11.4. The molecule has 0 saturated carbocycles. The lowest BCUT2D eigenvalue weighted by molar-refractivity contribution is 0.143. The molecule has 1 aliphatic carbocycles. The van der Waals surface area contributed by atoms with Crippen LogP contribution in [0.5, 0.6) is 0 Å². The maximum absolute atomic E-state index is 5.97. The molecule has 4 nitrogen and oxygen atoms in total. The third-order valence-electron chi connectivity index (χ3n) is 6.88. The molecule has 2 aromatic heterocycles. The van der Waals surface area contributed by atoms with Gasteiger partial charge in [0, 0.05) is 46.3 Å². The molecule has 0 bridgehead atoms. The average molecular weight is 477 g/mol. The van der Waals surface area contributed by atoms with Gasteiger partial charge >= 0.3 is 0 Å². The lowest BCUT2D eigenvalue weighted by Crippen LogP contribution is -2.45. The van der Waals surface area contributed by atoms with Gasteiger partial charge in [0.15, 0.2) is 5.13 Å². The first kappa shape index (κ1) is 22.8. The quantitative estimate of drug-likeness (QED) is 0.484. The second kappa shape index (κ2) is 10.1. The molecule has 1 atom stereocenters. The van der Waals surface area contributed by atoms with Crippen molar-refractivity contribution in [2.45, 2.75) is 51.5 Å². The zero-order valence-electron chi connectivity index (χ0n) is 18.3. The topological polar surface area (TPSA) is 45.4 Å². The zero-order valence-corrected chi connectivity index (χ0v) is 20.7. The van der Waals surface area contributed by atoms with E-state index in [1.807, 2.05) is 11.3 Å². The third kappa shape index (κ3) is 4.87. The van der Waals surface area contributed by atoms with Crippen molar-refractivity contribution in [3.63, 3.8) is 0 Å². The van der Waals surface area contributed by atoms with E-state index in [9.17, 15) is 0 Å². The van der Waals surface area contributed by atoms with Crippen molar-refractivity contribution in [1.82, 2.24) is 9.88 Å². The fourth-order valence-electron chi connectivity index (χ4n) is 5.34. The van der Waals surface area contributed by atoms with Gasteiger partial charge < -0.3 is 10.6 Å². The van der Waals surface area contributed by atoms with E-state index in [-0.39, 0.29) is 12.4 Å². The molecule has 7 heteroatoms. The summed E-state index contributed by atoms with van der Waals surface area (Å²) in [6.45, 7) is 7.14. The maximum Gasteiger partial charge on any atom is 0.180 e. The molecule has 1 aliphatic heterocycles. The van der Waals surface area contributed by atoms with Gasteiger partial charge in [-0.05, 0) is 74.6 Å². The molecule has 0 radical (unpaired) electrons. The number of thiazole rings is 1. The molecule has 0 amide bonds. The minimum absolute atomic E-state index is 0. The van der Waals surface area contributed by atoms with Crippen LogP contribution in [0.1, 0.15) is 43.2 Å². The van der Waals surface area contributed by atoms with Crippen LogP contribution in [0.2, 0.25) is 0 Å². The lowest BCUT2D eigenvalue weighted by Gasteiger charge is -2.39. The second-order valence-corrected chi connectivity index (χ2v) is 10.9. The van der Waals surface area contributed by atoms with Crippen LogP contribution in [0.3, 0.4) is 0 Å². The van der Waals surface area contributed by atoms with Gasteiger partial charge in [0.1, 0.15) is 0 Å². The Labute approximate surface area is 199 Å². The fourth-order valence-corrected chi connectivity index (χ4v) is 7.10. The van der Waals surface area contributed by atoms with E-state index >= 15 is 0 Å². The van der Waals surface area contributed by atoms with Crippen LogP contribution in [-0.4, -0.2) is 42.1 Å². The molecule has 3 heterocycles. The molecular formula is C24H33ClN4S2. The number of fused-ring (bicyclic) bond motifs is 2. The van der Waals surface area contributed by atoms with Gasteiger partial charge in [-0.25, -0.2) is 4.98 Å². The molecule has 0 spiro atoms. The summed E-state index contributed by atoms with van der Waals surface area (Å²) in [5.41, 5.74) is 8.66. The Hall–Kier alpha value is -1.34. The summed E-state index contributed by atoms with van der Waals surface area (Å²) in [6, 6.07) is 9.71. The highest BCUT2D eigenvalue weighted by molar-refractivity contribution is 7.17. The first-order valence-electron chi connectivity index (χ1n) is 11.4. The Morgan fingerprint density at radius 1 is 1.19 bits per heavy atom. The molecule has 31 heavy (non-hydrogen) atoms. The predicted octanol–water partition coefficient (Wildman–Crippen LogP) is 5.85. The van der Waals surface area contributed by atoms with Crippen molar-refractivity contribution in [2.24, 2.45) is 5.92 Å². The van der Waals surface area contributed by atoms with Crippen molar-refractivity contribution >= 4 is 56.0 Å². The second-order valence-electron chi connectivity index (χ2n) is 8.85. The molecule has 1 fully saturated rings. The number of nitrogens with zero attached hydrogens (tertiary/aromatic N) is 3. The number of nitrogens with two attached hydrogens (primary N) is 1. The van der Waals surface area contributed by atoms with Gasteiger partial charge in [0.05, 0.1) is 5.69 Å². The van der Waals surface area contributed by atoms with Crippen LogP contribution in [0, 0.1) is 5.92 Å². The zero-order chi connectivity index (χ0) is 20.5. The first-order chi connectivity index (χ1) is 14.7. The largest absolute Gasteiger partial charge is 0.375 e. The van der Waals surface area contributed by atoms with Crippen LogP contribution in [0.25, 0.3) is 10.1 Å². The number of halogens is 1. The monoisotopic (exact) mass is 476 g/mol. The normalized spacial score (nSPS) is 19.5. The first-order valence-corrected chi connectivity index (χ1v) is 13.1. The van der Waals surface area contributed by atoms with Crippen molar-refractivity contribution < 1.29 is 0 Å². The van der Waals surface area contributed by atoms with Gasteiger partial charge in [0.25, 0.3) is 0 Å². The molecule has 0 unspecified atom stereocenters. The minimum atomic E-state index is 0. The summed E-state index contributed by atoms with van der Waals surface area (Å²) in [5, 5.41) is 4.39. The van der Waals surface area contributed by atoms with Crippen LogP contribution in [-0.2, 0) is 12.8 Å². The highest BCUT2D eigenvalue weighted by Gasteiger charge is 2.29. The molecule has 1 saturated heterocycles. The summed E-state index contributed by atoms with van der Waals surface area (Å²) in [7, 11) is 0. The molecule has 1 aromatic carbocycles. The van der Waals surface area contributed by atoms with E-state index in [1.54, 1.807) is 11.3 Å².